The average molecular weight is 208 g/mol. The molecule has 4 rings (SSSR count). The molecule has 2 heteroatoms. The van der Waals surface area contributed by atoms with Crippen LogP contribution in [0.5, 0.6) is 0 Å². The molecular weight excluding hydrogens is 184 g/mol. The molecule has 0 spiro atoms. The predicted octanol–water partition coefficient (Wildman–Crippen LogP) is 1.84. The van der Waals surface area contributed by atoms with Crippen LogP contribution in [-0.4, -0.2) is 30.1 Å². The molecule has 15 heavy (non-hydrogen) atoms. The molecule has 3 atom stereocenters. The summed E-state index contributed by atoms with van der Waals surface area (Å²) >= 11 is 0. The molecule has 4 bridgehead atoms. The highest BCUT2D eigenvalue weighted by Gasteiger charge is 2.43. The second kappa shape index (κ2) is 3.74. The smallest absolute Gasteiger partial charge is 0.0193 e. The van der Waals surface area contributed by atoms with Crippen LogP contribution in [0.15, 0.2) is 0 Å². The van der Waals surface area contributed by atoms with Gasteiger partial charge in [0.2, 0.25) is 0 Å². The standard InChI is InChI=1S/C13H24N2/c1-9(7-14)15-8-12-3-10-2-11(4-12)6-13(15)5-10/h9-13H,2-8,14H2,1H3. The summed E-state index contributed by atoms with van der Waals surface area (Å²) in [6.07, 6.45) is 7.51. The Morgan fingerprint density at radius 2 is 1.67 bits per heavy atom. The SMILES string of the molecule is CC(CN)N1CC2CC3CC(C2)CC1C3. The van der Waals surface area contributed by atoms with Gasteiger partial charge in [-0.05, 0) is 56.8 Å². The number of hydrogen-bond donors (Lipinski definition) is 1. The van der Waals surface area contributed by atoms with Crippen LogP contribution in [0.2, 0.25) is 0 Å². The lowest BCUT2D eigenvalue weighted by atomic mass is 9.68. The summed E-state index contributed by atoms with van der Waals surface area (Å²) in [7, 11) is 0. The summed E-state index contributed by atoms with van der Waals surface area (Å²) in [5, 5.41) is 0. The molecular formula is C13H24N2. The highest BCUT2D eigenvalue weighted by molar-refractivity contribution is 4.96. The van der Waals surface area contributed by atoms with Crippen molar-refractivity contribution in [2.75, 3.05) is 13.1 Å². The molecule has 4 fully saturated rings. The van der Waals surface area contributed by atoms with Crippen LogP contribution in [0, 0.1) is 17.8 Å². The highest BCUT2D eigenvalue weighted by Crippen LogP contribution is 2.47. The van der Waals surface area contributed by atoms with E-state index in [2.05, 4.69) is 11.8 Å². The Bertz CT molecular complexity index is 227. The Kier molecular flexibility index (Phi) is 2.52. The van der Waals surface area contributed by atoms with Crippen molar-refractivity contribution in [2.45, 2.75) is 51.1 Å². The molecule has 2 aliphatic carbocycles. The van der Waals surface area contributed by atoms with Crippen LogP contribution in [0.3, 0.4) is 0 Å². The van der Waals surface area contributed by atoms with Gasteiger partial charge < -0.3 is 5.73 Å². The van der Waals surface area contributed by atoms with E-state index in [1.807, 2.05) is 0 Å². The van der Waals surface area contributed by atoms with E-state index in [0.29, 0.717) is 6.04 Å². The zero-order valence-corrected chi connectivity index (χ0v) is 9.86. The number of rotatable bonds is 2. The van der Waals surface area contributed by atoms with E-state index in [9.17, 15) is 0 Å². The molecule has 0 radical (unpaired) electrons. The van der Waals surface area contributed by atoms with Crippen molar-refractivity contribution >= 4 is 0 Å². The van der Waals surface area contributed by atoms with E-state index in [0.717, 1.165) is 30.3 Å². The van der Waals surface area contributed by atoms with E-state index >= 15 is 0 Å². The molecule has 2 nitrogen and oxygen atoms in total. The van der Waals surface area contributed by atoms with Gasteiger partial charge in [-0.1, -0.05) is 0 Å². The van der Waals surface area contributed by atoms with Gasteiger partial charge in [0.1, 0.15) is 0 Å². The van der Waals surface area contributed by atoms with Gasteiger partial charge in [0, 0.05) is 25.2 Å². The lowest BCUT2D eigenvalue weighted by molar-refractivity contribution is 0.104. The lowest BCUT2D eigenvalue weighted by Gasteiger charge is -2.40. The Morgan fingerprint density at radius 3 is 2.27 bits per heavy atom. The molecule has 2 aliphatic heterocycles. The first kappa shape index (κ1) is 10.1. The molecule has 3 unspecified atom stereocenters. The van der Waals surface area contributed by atoms with Gasteiger partial charge in [-0.25, -0.2) is 0 Å². The highest BCUT2D eigenvalue weighted by atomic mass is 15.2. The fourth-order valence-corrected chi connectivity index (χ4v) is 4.50. The van der Waals surface area contributed by atoms with Gasteiger partial charge in [0.05, 0.1) is 0 Å². The first-order valence-corrected chi connectivity index (χ1v) is 6.72. The summed E-state index contributed by atoms with van der Waals surface area (Å²) in [5.41, 5.74) is 5.84. The zero-order valence-electron chi connectivity index (χ0n) is 9.86. The molecule has 2 N–H and O–H groups in total. The summed E-state index contributed by atoms with van der Waals surface area (Å²) in [5.74, 6) is 3.11. The van der Waals surface area contributed by atoms with Gasteiger partial charge in [-0.3, -0.25) is 4.90 Å². The minimum Gasteiger partial charge on any atom is -0.329 e. The molecule has 0 aromatic heterocycles. The maximum atomic E-state index is 5.84. The number of nitrogens with two attached hydrogens (primary N) is 1. The second-order valence-electron chi connectivity index (χ2n) is 6.21. The van der Waals surface area contributed by atoms with Crippen molar-refractivity contribution in [3.05, 3.63) is 0 Å². The third-order valence-corrected chi connectivity index (χ3v) is 5.06. The molecule has 0 amide bonds. The fraction of sp³-hybridized carbons (Fsp3) is 1.00. The topological polar surface area (TPSA) is 29.3 Å². The summed E-state index contributed by atoms with van der Waals surface area (Å²) in [6, 6.07) is 1.48. The van der Waals surface area contributed by atoms with Crippen LogP contribution in [-0.2, 0) is 0 Å². The van der Waals surface area contributed by atoms with Crippen LogP contribution >= 0.6 is 0 Å². The third-order valence-electron chi connectivity index (χ3n) is 5.06. The maximum absolute atomic E-state index is 5.84. The number of fused-ring (bicyclic) bond motifs is 1. The normalized spacial score (nSPS) is 46.8. The summed E-state index contributed by atoms with van der Waals surface area (Å²) < 4.78 is 0. The quantitative estimate of drug-likeness (QED) is 0.750. The van der Waals surface area contributed by atoms with Gasteiger partial charge >= 0.3 is 0 Å². The van der Waals surface area contributed by atoms with Crippen LogP contribution in [0.1, 0.15) is 39.0 Å². The lowest BCUT2D eigenvalue weighted by Crippen LogP contribution is -2.46. The van der Waals surface area contributed by atoms with Crippen molar-refractivity contribution in [3.63, 3.8) is 0 Å². The van der Waals surface area contributed by atoms with E-state index in [-0.39, 0.29) is 0 Å². The van der Waals surface area contributed by atoms with Crippen molar-refractivity contribution < 1.29 is 0 Å². The molecule has 0 aromatic rings. The Balaban J connectivity index is 1.82. The summed E-state index contributed by atoms with van der Waals surface area (Å²) in [4.78, 5) is 2.74. The Morgan fingerprint density at radius 1 is 1.07 bits per heavy atom. The second-order valence-corrected chi connectivity index (χ2v) is 6.21. The largest absolute Gasteiger partial charge is 0.329 e. The van der Waals surface area contributed by atoms with Crippen LogP contribution in [0.25, 0.3) is 0 Å². The van der Waals surface area contributed by atoms with Crippen LogP contribution in [0.4, 0.5) is 0 Å². The van der Waals surface area contributed by atoms with E-state index in [1.54, 1.807) is 0 Å². The number of nitrogens with zero attached hydrogens (tertiary/aromatic N) is 1. The first-order chi connectivity index (χ1) is 7.26. The third kappa shape index (κ3) is 1.72. The van der Waals surface area contributed by atoms with Gasteiger partial charge in [0.15, 0.2) is 0 Å². The van der Waals surface area contributed by atoms with Gasteiger partial charge in [-0.15, -0.1) is 0 Å². The van der Waals surface area contributed by atoms with Crippen LogP contribution < -0.4 is 5.73 Å². The number of hydrogen-bond acceptors (Lipinski definition) is 2. The zero-order chi connectivity index (χ0) is 10.4. The van der Waals surface area contributed by atoms with Crippen molar-refractivity contribution in [1.82, 2.24) is 4.90 Å². The maximum Gasteiger partial charge on any atom is 0.0193 e. The van der Waals surface area contributed by atoms with Crippen molar-refractivity contribution in [2.24, 2.45) is 23.5 Å². The van der Waals surface area contributed by atoms with Crippen molar-refractivity contribution in [3.8, 4) is 0 Å². The van der Waals surface area contributed by atoms with E-state index < -0.39 is 0 Å². The minimum absolute atomic E-state index is 0.605. The van der Waals surface area contributed by atoms with E-state index in [4.69, 9.17) is 5.73 Å². The minimum atomic E-state index is 0.605. The molecule has 2 heterocycles. The van der Waals surface area contributed by atoms with Gasteiger partial charge in [-0.2, -0.15) is 0 Å². The Hall–Kier alpha value is -0.0800. The monoisotopic (exact) mass is 208 g/mol. The molecule has 86 valence electrons. The molecule has 0 aromatic carbocycles. The van der Waals surface area contributed by atoms with Gasteiger partial charge in [0.25, 0.3) is 0 Å². The fourth-order valence-electron chi connectivity index (χ4n) is 4.50. The average Bonchev–Trinajstić information content (AvgIpc) is 2.42. The Labute approximate surface area is 93.2 Å². The predicted molar refractivity (Wildman–Crippen MR) is 62.6 cm³/mol. The molecule has 4 aliphatic rings. The summed E-state index contributed by atoms with van der Waals surface area (Å²) in [6.45, 7) is 4.49. The molecule has 2 saturated heterocycles. The van der Waals surface area contributed by atoms with Crippen molar-refractivity contribution in [1.29, 1.82) is 0 Å². The first-order valence-electron chi connectivity index (χ1n) is 6.72. The molecule has 2 saturated carbocycles. The van der Waals surface area contributed by atoms with E-state index in [1.165, 1.54) is 38.6 Å².